The van der Waals surface area contributed by atoms with Gasteiger partial charge in [-0.05, 0) is 59.0 Å². The van der Waals surface area contributed by atoms with Crippen LogP contribution < -0.4 is 10.6 Å². The monoisotopic (exact) mass is 372 g/mol. The molecule has 19 heavy (non-hydrogen) atoms. The predicted octanol–water partition coefficient (Wildman–Crippen LogP) is 3.67. The van der Waals surface area contributed by atoms with E-state index in [0.29, 0.717) is 12.2 Å². The van der Waals surface area contributed by atoms with E-state index in [-0.39, 0.29) is 0 Å². The summed E-state index contributed by atoms with van der Waals surface area (Å²) in [5, 5.41) is 5.82. The molecule has 0 saturated carbocycles. The zero-order valence-electron chi connectivity index (χ0n) is 10.3. The van der Waals surface area contributed by atoms with E-state index in [1.807, 2.05) is 24.3 Å². The average Bonchev–Trinajstić information content (AvgIpc) is 2.83. The SMILES string of the molecule is COC(=O)Nc1ccc(NCc2ccc(I)o2)cc1. The number of ether oxygens (including phenoxy) is 1. The summed E-state index contributed by atoms with van der Waals surface area (Å²) < 4.78 is 10.8. The Morgan fingerprint density at radius 2 is 1.89 bits per heavy atom. The topological polar surface area (TPSA) is 63.5 Å². The summed E-state index contributed by atoms with van der Waals surface area (Å²) in [6.45, 7) is 0.618. The van der Waals surface area contributed by atoms with Crippen LogP contribution in [0.2, 0.25) is 0 Å². The van der Waals surface area contributed by atoms with Gasteiger partial charge in [0.25, 0.3) is 0 Å². The number of halogens is 1. The molecule has 2 aromatic rings. The molecule has 0 radical (unpaired) electrons. The molecule has 0 atom stereocenters. The maximum atomic E-state index is 11.0. The molecule has 1 heterocycles. The van der Waals surface area contributed by atoms with Crippen molar-refractivity contribution in [2.45, 2.75) is 6.54 Å². The molecule has 0 unspecified atom stereocenters. The lowest BCUT2D eigenvalue weighted by Gasteiger charge is -2.07. The lowest BCUT2D eigenvalue weighted by molar-refractivity contribution is 0.187. The zero-order valence-corrected chi connectivity index (χ0v) is 12.4. The van der Waals surface area contributed by atoms with Gasteiger partial charge < -0.3 is 14.5 Å². The predicted molar refractivity (Wildman–Crippen MR) is 81.2 cm³/mol. The second-order valence-electron chi connectivity index (χ2n) is 3.75. The van der Waals surface area contributed by atoms with Crippen LogP contribution in [0, 0.1) is 3.77 Å². The van der Waals surface area contributed by atoms with Gasteiger partial charge in [0.15, 0.2) is 3.77 Å². The number of hydrogen-bond acceptors (Lipinski definition) is 4. The number of carbonyl (C=O) groups is 1. The quantitative estimate of drug-likeness (QED) is 0.804. The first kappa shape index (κ1) is 13.7. The van der Waals surface area contributed by atoms with Crippen molar-refractivity contribution in [3.63, 3.8) is 0 Å². The molecular weight excluding hydrogens is 359 g/mol. The number of furan rings is 1. The molecule has 6 heteroatoms. The highest BCUT2D eigenvalue weighted by atomic mass is 127. The van der Waals surface area contributed by atoms with Gasteiger partial charge in [-0.25, -0.2) is 4.79 Å². The number of anilines is 2. The van der Waals surface area contributed by atoms with E-state index in [4.69, 9.17) is 4.42 Å². The van der Waals surface area contributed by atoms with E-state index in [0.717, 1.165) is 15.2 Å². The van der Waals surface area contributed by atoms with E-state index in [2.05, 4.69) is 38.0 Å². The van der Waals surface area contributed by atoms with Crippen LogP contribution in [0.5, 0.6) is 0 Å². The van der Waals surface area contributed by atoms with Crippen LogP contribution >= 0.6 is 22.6 Å². The summed E-state index contributed by atoms with van der Waals surface area (Å²) in [4.78, 5) is 11.0. The highest BCUT2D eigenvalue weighted by Gasteiger charge is 2.01. The normalized spacial score (nSPS) is 10.0. The van der Waals surface area contributed by atoms with Gasteiger partial charge in [0.2, 0.25) is 0 Å². The van der Waals surface area contributed by atoms with Gasteiger partial charge in [-0.1, -0.05) is 0 Å². The minimum Gasteiger partial charge on any atom is -0.454 e. The van der Waals surface area contributed by atoms with Gasteiger partial charge in [0.05, 0.1) is 13.7 Å². The molecule has 2 rings (SSSR count). The molecule has 1 aromatic heterocycles. The molecule has 0 spiro atoms. The van der Waals surface area contributed by atoms with Gasteiger partial charge >= 0.3 is 6.09 Å². The third-order valence-corrected chi connectivity index (χ3v) is 2.99. The maximum Gasteiger partial charge on any atom is 0.411 e. The molecule has 5 nitrogen and oxygen atoms in total. The van der Waals surface area contributed by atoms with Crippen LogP contribution in [0.25, 0.3) is 0 Å². The first-order valence-corrected chi connectivity index (χ1v) is 6.68. The Balaban J connectivity index is 1.89. The van der Waals surface area contributed by atoms with Crippen molar-refractivity contribution in [3.8, 4) is 0 Å². The lowest BCUT2D eigenvalue weighted by Crippen LogP contribution is -2.10. The molecule has 0 aliphatic heterocycles. The van der Waals surface area contributed by atoms with Crippen LogP contribution in [0.15, 0.2) is 40.8 Å². The Bertz CT molecular complexity index is 551. The molecule has 2 N–H and O–H groups in total. The Morgan fingerprint density at radius 1 is 1.21 bits per heavy atom. The fourth-order valence-electron chi connectivity index (χ4n) is 1.48. The Kier molecular flexibility index (Phi) is 4.67. The van der Waals surface area contributed by atoms with Crippen LogP contribution in [-0.2, 0) is 11.3 Å². The number of rotatable bonds is 4. The van der Waals surface area contributed by atoms with Gasteiger partial charge in [-0.15, -0.1) is 0 Å². The third-order valence-electron chi connectivity index (χ3n) is 2.41. The maximum absolute atomic E-state index is 11.0. The largest absolute Gasteiger partial charge is 0.454 e. The highest BCUT2D eigenvalue weighted by Crippen LogP contribution is 2.16. The van der Waals surface area contributed by atoms with Crippen molar-refractivity contribution in [2.24, 2.45) is 0 Å². The highest BCUT2D eigenvalue weighted by molar-refractivity contribution is 14.1. The van der Waals surface area contributed by atoms with E-state index in [1.165, 1.54) is 7.11 Å². The minimum atomic E-state index is -0.481. The van der Waals surface area contributed by atoms with Crippen molar-refractivity contribution < 1.29 is 13.9 Å². The second-order valence-corrected chi connectivity index (χ2v) is 4.82. The Labute approximate surface area is 124 Å². The van der Waals surface area contributed by atoms with Crippen molar-refractivity contribution in [2.75, 3.05) is 17.7 Å². The molecule has 0 bridgehead atoms. The first-order valence-electron chi connectivity index (χ1n) is 5.60. The van der Waals surface area contributed by atoms with Gasteiger partial charge in [0.1, 0.15) is 5.76 Å². The van der Waals surface area contributed by atoms with Crippen LogP contribution in [0.3, 0.4) is 0 Å². The van der Waals surface area contributed by atoms with Crippen molar-refractivity contribution in [1.82, 2.24) is 0 Å². The summed E-state index contributed by atoms with van der Waals surface area (Å²) >= 11 is 2.13. The number of nitrogens with one attached hydrogen (secondary N) is 2. The van der Waals surface area contributed by atoms with E-state index in [1.54, 1.807) is 12.1 Å². The molecule has 1 aromatic carbocycles. The van der Waals surface area contributed by atoms with Gasteiger partial charge in [-0.2, -0.15) is 0 Å². The summed E-state index contributed by atoms with van der Waals surface area (Å²) in [6.07, 6.45) is -0.481. The van der Waals surface area contributed by atoms with E-state index < -0.39 is 6.09 Å². The minimum absolute atomic E-state index is 0.481. The molecular formula is C13H13IN2O3. The standard InChI is InChI=1S/C13H13IN2O3/c1-18-13(17)16-10-4-2-9(3-5-10)15-8-11-6-7-12(14)19-11/h2-7,15H,8H2,1H3,(H,16,17). The molecule has 100 valence electrons. The molecule has 0 aliphatic rings. The van der Waals surface area contributed by atoms with Crippen molar-refractivity contribution in [1.29, 1.82) is 0 Å². The third kappa shape index (κ3) is 4.16. The fourth-order valence-corrected chi connectivity index (χ4v) is 1.94. The summed E-state index contributed by atoms with van der Waals surface area (Å²) in [5.41, 5.74) is 1.63. The zero-order chi connectivity index (χ0) is 13.7. The Hall–Kier alpha value is -1.70. The number of hydrogen-bond donors (Lipinski definition) is 2. The van der Waals surface area contributed by atoms with Crippen LogP contribution in [0.1, 0.15) is 5.76 Å². The fraction of sp³-hybridized carbons (Fsp3) is 0.154. The number of benzene rings is 1. The van der Waals surface area contributed by atoms with E-state index >= 15 is 0 Å². The summed E-state index contributed by atoms with van der Waals surface area (Å²) in [5.74, 6) is 0.876. The molecule has 0 aliphatic carbocycles. The second kappa shape index (κ2) is 6.46. The smallest absolute Gasteiger partial charge is 0.411 e. The van der Waals surface area contributed by atoms with Crippen molar-refractivity contribution in [3.05, 3.63) is 45.9 Å². The number of carbonyl (C=O) groups excluding carboxylic acids is 1. The Morgan fingerprint density at radius 3 is 2.47 bits per heavy atom. The van der Waals surface area contributed by atoms with Crippen LogP contribution in [0.4, 0.5) is 16.2 Å². The van der Waals surface area contributed by atoms with Gasteiger partial charge in [0, 0.05) is 11.4 Å². The molecule has 1 amide bonds. The first-order chi connectivity index (χ1) is 9.17. The lowest BCUT2D eigenvalue weighted by atomic mass is 10.3. The van der Waals surface area contributed by atoms with E-state index in [9.17, 15) is 4.79 Å². The summed E-state index contributed by atoms with van der Waals surface area (Å²) in [6, 6.07) is 11.2. The molecule has 0 saturated heterocycles. The number of amides is 1. The average molecular weight is 372 g/mol. The van der Waals surface area contributed by atoms with Crippen LogP contribution in [-0.4, -0.2) is 13.2 Å². The van der Waals surface area contributed by atoms with Gasteiger partial charge in [-0.3, -0.25) is 5.32 Å². The van der Waals surface area contributed by atoms with Crippen molar-refractivity contribution >= 4 is 40.1 Å². The summed E-state index contributed by atoms with van der Waals surface area (Å²) in [7, 11) is 1.33. The molecule has 0 fully saturated rings. The number of methoxy groups -OCH3 is 1.